The van der Waals surface area contributed by atoms with Gasteiger partial charge in [-0.25, -0.2) is 0 Å². The van der Waals surface area contributed by atoms with E-state index in [9.17, 15) is 4.79 Å². The van der Waals surface area contributed by atoms with E-state index in [0.717, 1.165) is 0 Å². The Morgan fingerprint density at radius 1 is 1.57 bits per heavy atom. The predicted octanol–water partition coefficient (Wildman–Crippen LogP) is 0.584. The Bertz CT molecular complexity index is 432. The van der Waals surface area contributed by atoms with E-state index in [1.165, 1.54) is 6.20 Å². The Morgan fingerprint density at radius 3 is 2.86 bits per heavy atom. The summed E-state index contributed by atoms with van der Waals surface area (Å²) in [7, 11) is 0. The van der Waals surface area contributed by atoms with Crippen molar-refractivity contribution in [2.75, 3.05) is 0 Å². The molecule has 1 N–H and O–H groups in total. The van der Waals surface area contributed by atoms with Crippen LogP contribution < -0.4 is 0 Å². The zero-order valence-electron chi connectivity index (χ0n) is 7.19. The van der Waals surface area contributed by atoms with Gasteiger partial charge in [-0.1, -0.05) is 0 Å². The van der Waals surface area contributed by atoms with E-state index in [1.807, 2.05) is 0 Å². The summed E-state index contributed by atoms with van der Waals surface area (Å²) in [5.74, 6) is 3.86. The number of carboxylic acids is 1. The number of hydrogen-bond acceptors (Lipinski definition) is 3. The molecule has 4 heteroatoms. The molecule has 1 heterocycles. The fourth-order valence-corrected chi connectivity index (χ4v) is 0.858. The molecule has 1 aromatic rings. The summed E-state index contributed by atoms with van der Waals surface area (Å²) in [5, 5.41) is 16.6. The number of nitrogens with zero attached hydrogens (tertiary/aromatic N) is 2. The average Bonchev–Trinajstić information content (AvgIpc) is 2.16. The molecule has 68 valence electrons. The number of rotatable bonds is 2. The van der Waals surface area contributed by atoms with Crippen molar-refractivity contribution in [3.63, 3.8) is 0 Å². The molecule has 0 unspecified atom stereocenters. The first-order chi connectivity index (χ1) is 6.72. The number of hydrogen-bond donors (Lipinski definition) is 1. The highest BCUT2D eigenvalue weighted by Crippen LogP contribution is 1.99. The SMILES string of the molecule is N#CC#Cc1ccc(CC(=O)O)nc1. The molecule has 0 aromatic carbocycles. The Labute approximate surface area is 80.8 Å². The summed E-state index contributed by atoms with van der Waals surface area (Å²) in [6, 6.07) is 4.89. The number of carboxylic acid groups (broad SMARTS) is 1. The summed E-state index contributed by atoms with van der Waals surface area (Å²) >= 11 is 0. The second-order valence-electron chi connectivity index (χ2n) is 2.47. The number of carbonyl (C=O) groups is 1. The molecule has 14 heavy (non-hydrogen) atoms. The lowest BCUT2D eigenvalue weighted by molar-refractivity contribution is -0.136. The molecule has 0 saturated carbocycles. The molecule has 0 aliphatic rings. The van der Waals surface area contributed by atoms with Gasteiger partial charge < -0.3 is 5.11 Å². The first-order valence-electron chi connectivity index (χ1n) is 3.79. The van der Waals surface area contributed by atoms with Gasteiger partial charge in [0.15, 0.2) is 6.07 Å². The molecule has 0 saturated heterocycles. The van der Waals surface area contributed by atoms with Crippen molar-refractivity contribution in [1.29, 1.82) is 5.26 Å². The standard InChI is InChI=1S/C10H6N2O2/c11-5-1-2-8-3-4-9(12-7-8)6-10(13)14/h3-4,7H,6H2,(H,13,14). The minimum atomic E-state index is -0.923. The zero-order chi connectivity index (χ0) is 10.4. The molecule has 0 spiro atoms. The van der Waals surface area contributed by atoms with Crippen LogP contribution in [0.4, 0.5) is 0 Å². The van der Waals surface area contributed by atoms with Gasteiger partial charge in [0.2, 0.25) is 0 Å². The first-order valence-corrected chi connectivity index (χ1v) is 3.79. The molecule has 1 rings (SSSR count). The third-order valence-electron chi connectivity index (χ3n) is 1.42. The number of pyridine rings is 1. The third-order valence-corrected chi connectivity index (χ3v) is 1.42. The summed E-state index contributed by atoms with van der Waals surface area (Å²) in [6.45, 7) is 0. The minimum absolute atomic E-state index is 0.105. The predicted molar refractivity (Wildman–Crippen MR) is 48.1 cm³/mol. The van der Waals surface area contributed by atoms with Crippen LogP contribution in [0.15, 0.2) is 18.3 Å². The third kappa shape index (κ3) is 2.96. The van der Waals surface area contributed by atoms with Gasteiger partial charge in [-0.2, -0.15) is 5.26 Å². The lowest BCUT2D eigenvalue weighted by Crippen LogP contribution is -2.01. The van der Waals surface area contributed by atoms with Crippen LogP contribution in [-0.2, 0) is 11.2 Å². The van der Waals surface area contributed by atoms with E-state index < -0.39 is 5.97 Å². The van der Waals surface area contributed by atoms with Crippen molar-refractivity contribution in [2.45, 2.75) is 6.42 Å². The normalized spacial score (nSPS) is 8.21. The average molecular weight is 186 g/mol. The van der Waals surface area contributed by atoms with E-state index in [4.69, 9.17) is 10.4 Å². The van der Waals surface area contributed by atoms with Crippen molar-refractivity contribution in [2.24, 2.45) is 0 Å². The largest absolute Gasteiger partial charge is 0.481 e. The minimum Gasteiger partial charge on any atom is -0.481 e. The van der Waals surface area contributed by atoms with Crippen LogP contribution in [0, 0.1) is 23.2 Å². The van der Waals surface area contributed by atoms with Crippen LogP contribution in [0.3, 0.4) is 0 Å². The fourth-order valence-electron chi connectivity index (χ4n) is 0.858. The molecular weight excluding hydrogens is 180 g/mol. The van der Waals surface area contributed by atoms with Crippen LogP contribution in [0.5, 0.6) is 0 Å². The van der Waals surface area contributed by atoms with E-state index in [2.05, 4.69) is 16.8 Å². The van der Waals surface area contributed by atoms with Crippen molar-refractivity contribution < 1.29 is 9.90 Å². The first kappa shape index (κ1) is 9.76. The van der Waals surface area contributed by atoms with E-state index in [0.29, 0.717) is 11.3 Å². The van der Waals surface area contributed by atoms with Crippen LogP contribution >= 0.6 is 0 Å². The van der Waals surface area contributed by atoms with Crippen molar-refractivity contribution in [1.82, 2.24) is 4.98 Å². The maximum absolute atomic E-state index is 10.3. The van der Waals surface area contributed by atoms with E-state index in [-0.39, 0.29) is 6.42 Å². The van der Waals surface area contributed by atoms with E-state index >= 15 is 0 Å². The van der Waals surface area contributed by atoms with Crippen LogP contribution in [0.1, 0.15) is 11.3 Å². The highest BCUT2D eigenvalue weighted by Gasteiger charge is 2.00. The second-order valence-corrected chi connectivity index (χ2v) is 2.47. The topological polar surface area (TPSA) is 74.0 Å². The zero-order valence-corrected chi connectivity index (χ0v) is 7.19. The molecule has 0 aliphatic carbocycles. The number of nitriles is 1. The Morgan fingerprint density at radius 2 is 2.36 bits per heavy atom. The van der Waals surface area contributed by atoms with Gasteiger partial charge in [0.1, 0.15) is 0 Å². The van der Waals surface area contributed by atoms with Gasteiger partial charge in [-0.05, 0) is 18.1 Å². The van der Waals surface area contributed by atoms with Crippen LogP contribution in [0.25, 0.3) is 0 Å². The molecule has 0 atom stereocenters. The van der Waals surface area contributed by atoms with Gasteiger partial charge in [0, 0.05) is 17.7 Å². The molecular formula is C10H6N2O2. The number of aliphatic carboxylic acids is 1. The molecule has 0 radical (unpaired) electrons. The van der Waals surface area contributed by atoms with Gasteiger partial charge in [0.05, 0.1) is 12.1 Å². The molecule has 0 aliphatic heterocycles. The monoisotopic (exact) mass is 186 g/mol. The Kier molecular flexibility index (Phi) is 3.23. The highest BCUT2D eigenvalue weighted by molar-refractivity contribution is 5.69. The maximum atomic E-state index is 10.3. The summed E-state index contributed by atoms with van der Waals surface area (Å²) in [4.78, 5) is 14.2. The van der Waals surface area contributed by atoms with Gasteiger partial charge in [0.25, 0.3) is 0 Å². The summed E-state index contributed by atoms with van der Waals surface area (Å²) < 4.78 is 0. The smallest absolute Gasteiger partial charge is 0.309 e. The van der Waals surface area contributed by atoms with Gasteiger partial charge in [-0.15, -0.1) is 0 Å². The summed E-state index contributed by atoms with van der Waals surface area (Å²) in [6.07, 6.45) is 1.34. The molecule has 0 bridgehead atoms. The lowest BCUT2D eigenvalue weighted by atomic mass is 10.2. The van der Waals surface area contributed by atoms with Crippen molar-refractivity contribution in [3.05, 3.63) is 29.6 Å². The number of aromatic nitrogens is 1. The molecule has 0 fully saturated rings. The lowest BCUT2D eigenvalue weighted by Gasteiger charge is -1.94. The van der Waals surface area contributed by atoms with E-state index in [1.54, 1.807) is 18.2 Å². The Balaban J connectivity index is 2.79. The molecule has 1 aromatic heterocycles. The van der Waals surface area contributed by atoms with Crippen molar-refractivity contribution in [3.8, 4) is 17.9 Å². The van der Waals surface area contributed by atoms with Crippen LogP contribution in [0.2, 0.25) is 0 Å². The highest BCUT2D eigenvalue weighted by atomic mass is 16.4. The van der Waals surface area contributed by atoms with Crippen molar-refractivity contribution >= 4 is 5.97 Å². The van der Waals surface area contributed by atoms with Crippen LogP contribution in [-0.4, -0.2) is 16.1 Å². The van der Waals surface area contributed by atoms with Gasteiger partial charge in [-0.3, -0.25) is 9.78 Å². The quantitative estimate of drug-likeness (QED) is 0.685. The summed E-state index contributed by atoms with van der Waals surface area (Å²) in [5.41, 5.74) is 1.07. The Hall–Kier alpha value is -2.33. The molecule has 4 nitrogen and oxygen atoms in total. The fraction of sp³-hybridized carbons (Fsp3) is 0.100. The maximum Gasteiger partial charge on any atom is 0.309 e. The van der Waals surface area contributed by atoms with Gasteiger partial charge >= 0.3 is 5.97 Å². The molecule has 0 amide bonds. The second kappa shape index (κ2) is 4.64.